The third-order valence-electron chi connectivity index (χ3n) is 2.83. The van der Waals surface area contributed by atoms with Crippen molar-refractivity contribution in [1.82, 2.24) is 5.32 Å². The van der Waals surface area contributed by atoms with E-state index in [1.165, 1.54) is 36.4 Å². The first kappa shape index (κ1) is 13.9. The molecule has 0 bridgehead atoms. The summed E-state index contributed by atoms with van der Waals surface area (Å²) in [5.74, 6) is -1.19. The molecule has 0 aromatic heterocycles. The molecule has 5 heteroatoms. The van der Waals surface area contributed by atoms with Gasteiger partial charge in [-0.2, -0.15) is 0 Å². The summed E-state index contributed by atoms with van der Waals surface area (Å²) < 4.78 is 13.0. The van der Waals surface area contributed by atoms with Crippen molar-refractivity contribution in [3.05, 3.63) is 59.4 Å². The van der Waals surface area contributed by atoms with Crippen LogP contribution in [0.5, 0.6) is 11.5 Å². The zero-order chi connectivity index (χ0) is 14.5. The SMILES string of the molecule is O=C(NCCc1ccc(O)c(O)c1)c1cccc(F)c1. The third-order valence-corrected chi connectivity index (χ3v) is 2.83. The highest BCUT2D eigenvalue weighted by atomic mass is 19.1. The number of aromatic hydroxyl groups is 2. The first-order valence-corrected chi connectivity index (χ1v) is 6.11. The van der Waals surface area contributed by atoms with Crippen LogP contribution in [-0.4, -0.2) is 22.7 Å². The number of benzene rings is 2. The van der Waals surface area contributed by atoms with Gasteiger partial charge in [0.25, 0.3) is 5.91 Å². The Labute approximate surface area is 115 Å². The van der Waals surface area contributed by atoms with Crippen molar-refractivity contribution in [1.29, 1.82) is 0 Å². The van der Waals surface area contributed by atoms with Gasteiger partial charge in [-0.15, -0.1) is 0 Å². The average molecular weight is 275 g/mol. The van der Waals surface area contributed by atoms with Crippen molar-refractivity contribution >= 4 is 5.91 Å². The van der Waals surface area contributed by atoms with Gasteiger partial charge in [0.2, 0.25) is 0 Å². The fourth-order valence-corrected chi connectivity index (χ4v) is 1.78. The standard InChI is InChI=1S/C15H14FNO3/c16-12-3-1-2-11(9-12)15(20)17-7-6-10-4-5-13(18)14(19)8-10/h1-5,8-9,18-19H,6-7H2,(H,17,20). The maximum Gasteiger partial charge on any atom is 0.251 e. The first-order chi connectivity index (χ1) is 9.56. The fourth-order valence-electron chi connectivity index (χ4n) is 1.78. The van der Waals surface area contributed by atoms with E-state index in [9.17, 15) is 19.4 Å². The number of phenols is 2. The van der Waals surface area contributed by atoms with Crippen LogP contribution in [0.2, 0.25) is 0 Å². The zero-order valence-electron chi connectivity index (χ0n) is 10.6. The molecule has 0 unspecified atom stereocenters. The smallest absolute Gasteiger partial charge is 0.251 e. The fraction of sp³-hybridized carbons (Fsp3) is 0.133. The molecule has 0 heterocycles. The Bertz CT molecular complexity index is 628. The molecule has 104 valence electrons. The van der Waals surface area contributed by atoms with Gasteiger partial charge in [0.1, 0.15) is 5.82 Å². The molecule has 0 spiro atoms. The number of halogens is 1. The molecule has 0 aliphatic rings. The second kappa shape index (κ2) is 6.06. The molecule has 0 fully saturated rings. The van der Waals surface area contributed by atoms with Crippen LogP contribution in [0, 0.1) is 5.82 Å². The van der Waals surface area contributed by atoms with E-state index in [0.29, 0.717) is 13.0 Å². The van der Waals surface area contributed by atoms with Crippen LogP contribution in [0.3, 0.4) is 0 Å². The maximum atomic E-state index is 13.0. The second-order valence-electron chi connectivity index (χ2n) is 4.34. The van der Waals surface area contributed by atoms with Crippen molar-refractivity contribution in [2.45, 2.75) is 6.42 Å². The maximum absolute atomic E-state index is 13.0. The third kappa shape index (κ3) is 3.47. The zero-order valence-corrected chi connectivity index (χ0v) is 10.6. The lowest BCUT2D eigenvalue weighted by Gasteiger charge is -2.06. The van der Waals surface area contributed by atoms with Gasteiger partial charge in [0.15, 0.2) is 11.5 Å². The molecular formula is C15H14FNO3. The van der Waals surface area contributed by atoms with E-state index in [2.05, 4.69) is 5.32 Å². The van der Waals surface area contributed by atoms with Gasteiger partial charge in [-0.1, -0.05) is 12.1 Å². The highest BCUT2D eigenvalue weighted by Gasteiger charge is 2.06. The van der Waals surface area contributed by atoms with Gasteiger partial charge in [-0.3, -0.25) is 4.79 Å². The molecule has 0 radical (unpaired) electrons. The quantitative estimate of drug-likeness (QED) is 0.749. The predicted octanol–water partition coefficient (Wildman–Crippen LogP) is 2.21. The van der Waals surface area contributed by atoms with Gasteiger partial charge in [-0.05, 0) is 42.3 Å². The summed E-state index contributed by atoms with van der Waals surface area (Å²) in [7, 11) is 0. The molecule has 0 saturated carbocycles. The monoisotopic (exact) mass is 275 g/mol. The van der Waals surface area contributed by atoms with Crippen molar-refractivity contribution in [2.24, 2.45) is 0 Å². The van der Waals surface area contributed by atoms with Gasteiger partial charge in [0.05, 0.1) is 0 Å². The Morgan fingerprint density at radius 1 is 1.10 bits per heavy atom. The number of carbonyl (C=O) groups is 1. The minimum atomic E-state index is -0.457. The predicted molar refractivity (Wildman–Crippen MR) is 72.2 cm³/mol. The van der Waals surface area contributed by atoms with E-state index in [-0.39, 0.29) is 23.0 Å². The molecule has 20 heavy (non-hydrogen) atoms. The molecule has 2 aromatic carbocycles. The minimum absolute atomic E-state index is 0.183. The number of nitrogens with one attached hydrogen (secondary N) is 1. The summed E-state index contributed by atoms with van der Waals surface area (Å²) in [6.45, 7) is 0.347. The lowest BCUT2D eigenvalue weighted by Crippen LogP contribution is -2.25. The average Bonchev–Trinajstić information content (AvgIpc) is 2.42. The van der Waals surface area contributed by atoms with E-state index in [4.69, 9.17) is 0 Å². The number of hydrogen-bond donors (Lipinski definition) is 3. The van der Waals surface area contributed by atoms with Crippen molar-refractivity contribution in [3.8, 4) is 11.5 Å². The van der Waals surface area contributed by atoms with Gasteiger partial charge < -0.3 is 15.5 Å². The molecule has 4 nitrogen and oxygen atoms in total. The highest BCUT2D eigenvalue weighted by Crippen LogP contribution is 2.24. The van der Waals surface area contributed by atoms with Gasteiger partial charge >= 0.3 is 0 Å². The molecule has 1 amide bonds. The Kier molecular flexibility index (Phi) is 4.20. The molecule has 2 aromatic rings. The van der Waals surface area contributed by atoms with Gasteiger partial charge in [-0.25, -0.2) is 4.39 Å². The Morgan fingerprint density at radius 2 is 1.90 bits per heavy atom. The summed E-state index contributed by atoms with van der Waals surface area (Å²) in [4.78, 5) is 11.7. The van der Waals surface area contributed by atoms with Crippen molar-refractivity contribution in [2.75, 3.05) is 6.54 Å². The van der Waals surface area contributed by atoms with E-state index < -0.39 is 5.82 Å². The van der Waals surface area contributed by atoms with E-state index >= 15 is 0 Å². The number of hydrogen-bond acceptors (Lipinski definition) is 3. The summed E-state index contributed by atoms with van der Waals surface area (Å²) in [6, 6.07) is 9.93. The number of rotatable bonds is 4. The summed E-state index contributed by atoms with van der Waals surface area (Å²) in [5.41, 5.74) is 1.04. The van der Waals surface area contributed by atoms with E-state index in [1.54, 1.807) is 6.07 Å². The minimum Gasteiger partial charge on any atom is -0.504 e. The summed E-state index contributed by atoms with van der Waals surface area (Å²) in [5, 5.41) is 21.2. The van der Waals surface area contributed by atoms with E-state index in [0.717, 1.165) is 5.56 Å². The molecule has 3 N–H and O–H groups in total. The molecule has 0 aliphatic carbocycles. The number of phenolic OH excluding ortho intramolecular Hbond substituents is 2. The first-order valence-electron chi connectivity index (χ1n) is 6.11. The van der Waals surface area contributed by atoms with Crippen LogP contribution in [0.25, 0.3) is 0 Å². The van der Waals surface area contributed by atoms with Gasteiger partial charge in [0, 0.05) is 12.1 Å². The summed E-state index contributed by atoms with van der Waals surface area (Å²) >= 11 is 0. The topological polar surface area (TPSA) is 69.6 Å². The van der Waals surface area contributed by atoms with Crippen molar-refractivity contribution in [3.63, 3.8) is 0 Å². The normalized spacial score (nSPS) is 10.2. The van der Waals surface area contributed by atoms with Crippen LogP contribution >= 0.6 is 0 Å². The molecular weight excluding hydrogens is 261 g/mol. The van der Waals surface area contributed by atoms with Crippen LogP contribution in [0.1, 0.15) is 15.9 Å². The second-order valence-corrected chi connectivity index (χ2v) is 4.34. The highest BCUT2D eigenvalue weighted by molar-refractivity contribution is 5.94. The Hall–Kier alpha value is -2.56. The van der Waals surface area contributed by atoms with Crippen LogP contribution in [0.15, 0.2) is 42.5 Å². The molecule has 2 rings (SSSR count). The Balaban J connectivity index is 1.89. The summed E-state index contributed by atoms with van der Waals surface area (Å²) in [6.07, 6.45) is 0.495. The largest absolute Gasteiger partial charge is 0.504 e. The van der Waals surface area contributed by atoms with Crippen LogP contribution in [0.4, 0.5) is 4.39 Å². The molecule has 0 aliphatic heterocycles. The molecule has 0 atom stereocenters. The number of carbonyl (C=O) groups excluding carboxylic acids is 1. The number of amides is 1. The van der Waals surface area contributed by atoms with Crippen molar-refractivity contribution < 1.29 is 19.4 Å². The molecule has 0 saturated heterocycles. The Morgan fingerprint density at radius 3 is 2.60 bits per heavy atom. The van der Waals surface area contributed by atoms with Crippen LogP contribution < -0.4 is 5.32 Å². The van der Waals surface area contributed by atoms with E-state index in [1.807, 2.05) is 0 Å². The lowest BCUT2D eigenvalue weighted by atomic mass is 10.1. The lowest BCUT2D eigenvalue weighted by molar-refractivity contribution is 0.0953. The van der Waals surface area contributed by atoms with Crippen LogP contribution in [-0.2, 0) is 6.42 Å².